The Morgan fingerprint density at radius 3 is 3.00 bits per heavy atom. The lowest BCUT2D eigenvalue weighted by molar-refractivity contribution is -0.0682. The molecular weight excluding hydrogens is 204 g/mol. The molecule has 1 aliphatic carbocycles. The molecule has 0 bridgehead atoms. The molecule has 2 unspecified atom stereocenters. The van der Waals surface area contributed by atoms with Crippen LogP contribution in [-0.2, 0) is 0 Å². The van der Waals surface area contributed by atoms with Crippen molar-refractivity contribution < 1.29 is 5.11 Å². The highest BCUT2D eigenvalue weighted by Crippen LogP contribution is 2.43. The summed E-state index contributed by atoms with van der Waals surface area (Å²) in [5.74, 6) is -0.109. The van der Waals surface area contributed by atoms with E-state index in [1.54, 1.807) is 0 Å². The molecule has 0 radical (unpaired) electrons. The second-order valence-corrected chi connectivity index (χ2v) is 3.76. The zero-order chi connectivity index (χ0) is 9.64. The van der Waals surface area contributed by atoms with Gasteiger partial charge in [-0.05, 0) is 26.2 Å². The average Bonchev–Trinajstić information content (AvgIpc) is 2.50. The van der Waals surface area contributed by atoms with Gasteiger partial charge in [-0.15, -0.1) is 12.4 Å². The first kappa shape index (κ1) is 11.3. The van der Waals surface area contributed by atoms with Gasteiger partial charge in [-0.25, -0.2) is 5.01 Å². The van der Waals surface area contributed by atoms with E-state index in [0.717, 1.165) is 18.6 Å². The van der Waals surface area contributed by atoms with Gasteiger partial charge in [0.15, 0.2) is 5.72 Å². The van der Waals surface area contributed by atoms with Gasteiger partial charge in [0.2, 0.25) is 5.96 Å². The Labute approximate surface area is 88.9 Å². The Kier molecular flexibility index (Phi) is 2.74. The van der Waals surface area contributed by atoms with Gasteiger partial charge in [-0.2, -0.15) is 5.10 Å². The van der Waals surface area contributed by atoms with E-state index >= 15 is 0 Å². The molecule has 1 heterocycles. The van der Waals surface area contributed by atoms with Gasteiger partial charge in [-0.3, -0.25) is 5.41 Å². The zero-order valence-corrected chi connectivity index (χ0v) is 8.84. The molecule has 2 rings (SSSR count). The van der Waals surface area contributed by atoms with Gasteiger partial charge in [0, 0.05) is 11.6 Å². The van der Waals surface area contributed by atoms with Crippen LogP contribution in [0.4, 0.5) is 0 Å². The van der Waals surface area contributed by atoms with Crippen LogP contribution in [-0.4, -0.2) is 27.5 Å². The first-order valence-electron chi connectivity index (χ1n) is 4.47. The van der Waals surface area contributed by atoms with Crippen LogP contribution in [0, 0.1) is 11.3 Å². The molecule has 0 spiro atoms. The van der Waals surface area contributed by atoms with Gasteiger partial charge >= 0.3 is 0 Å². The molecule has 0 aromatic carbocycles. The fourth-order valence-corrected chi connectivity index (χ4v) is 2.35. The first-order chi connectivity index (χ1) is 6.05. The van der Waals surface area contributed by atoms with Crippen LogP contribution in [0.2, 0.25) is 0 Å². The molecule has 2 atom stereocenters. The van der Waals surface area contributed by atoms with Crippen molar-refractivity contribution in [2.24, 2.45) is 16.8 Å². The molecule has 0 aromatic rings. The van der Waals surface area contributed by atoms with Crippen molar-refractivity contribution in [1.29, 1.82) is 5.41 Å². The van der Waals surface area contributed by atoms with Gasteiger partial charge in [0.25, 0.3) is 0 Å². The monoisotopic (exact) mass is 218 g/mol. The number of fused-ring (bicyclic) bond motifs is 1. The minimum atomic E-state index is -1.00. The SMILES string of the molecule is CC1=NN(C(=N)N)C2(O)CCCC12.Cl. The molecule has 1 aliphatic heterocycles. The molecule has 4 N–H and O–H groups in total. The third-order valence-electron chi connectivity index (χ3n) is 2.95. The van der Waals surface area contributed by atoms with Crippen LogP contribution in [0.15, 0.2) is 5.10 Å². The van der Waals surface area contributed by atoms with Crippen LogP contribution in [0.5, 0.6) is 0 Å². The lowest BCUT2D eigenvalue weighted by Gasteiger charge is -2.30. The minimum absolute atomic E-state index is 0. The van der Waals surface area contributed by atoms with Crippen molar-refractivity contribution in [2.75, 3.05) is 0 Å². The van der Waals surface area contributed by atoms with E-state index in [2.05, 4.69) is 5.10 Å². The van der Waals surface area contributed by atoms with Crippen molar-refractivity contribution in [3.05, 3.63) is 0 Å². The van der Waals surface area contributed by atoms with E-state index < -0.39 is 5.72 Å². The third-order valence-corrected chi connectivity index (χ3v) is 2.95. The Morgan fingerprint density at radius 2 is 2.43 bits per heavy atom. The van der Waals surface area contributed by atoms with Crippen LogP contribution >= 0.6 is 12.4 Å². The number of nitrogens with zero attached hydrogens (tertiary/aromatic N) is 2. The standard InChI is InChI=1S/C8H14N4O.ClH/c1-5-6-3-2-4-8(6,13)12(11-5)7(9)10;/h6,13H,2-4H2,1H3,(H3,9,10);1H. The maximum Gasteiger partial charge on any atom is 0.211 e. The molecule has 0 aromatic heterocycles. The van der Waals surface area contributed by atoms with Crippen LogP contribution in [0.25, 0.3) is 0 Å². The number of nitrogens with one attached hydrogen (secondary N) is 1. The highest BCUT2D eigenvalue weighted by atomic mass is 35.5. The Balaban J connectivity index is 0.000000980. The fraction of sp³-hybridized carbons (Fsp3) is 0.750. The summed E-state index contributed by atoms with van der Waals surface area (Å²) in [6.45, 7) is 1.88. The van der Waals surface area contributed by atoms with Crippen LogP contribution < -0.4 is 5.73 Å². The zero-order valence-electron chi connectivity index (χ0n) is 8.03. The van der Waals surface area contributed by atoms with Gasteiger partial charge in [-0.1, -0.05) is 0 Å². The quantitative estimate of drug-likeness (QED) is 0.408. The van der Waals surface area contributed by atoms with Crippen molar-refractivity contribution in [3.63, 3.8) is 0 Å². The summed E-state index contributed by atoms with van der Waals surface area (Å²) in [7, 11) is 0. The van der Waals surface area contributed by atoms with Crippen molar-refractivity contribution in [2.45, 2.75) is 31.9 Å². The molecule has 14 heavy (non-hydrogen) atoms. The highest BCUT2D eigenvalue weighted by molar-refractivity contribution is 5.90. The summed E-state index contributed by atoms with van der Waals surface area (Å²) in [6.07, 6.45) is 2.56. The normalized spacial score (nSPS) is 34.9. The smallest absolute Gasteiger partial charge is 0.211 e. The van der Waals surface area contributed by atoms with Crippen LogP contribution in [0.3, 0.4) is 0 Å². The summed E-state index contributed by atoms with van der Waals surface area (Å²) in [6, 6.07) is 0. The fourth-order valence-electron chi connectivity index (χ4n) is 2.35. The predicted octanol–water partition coefficient (Wildman–Crippen LogP) is 0.482. The molecule has 5 nitrogen and oxygen atoms in total. The summed E-state index contributed by atoms with van der Waals surface area (Å²) in [4.78, 5) is 0. The number of nitrogens with two attached hydrogens (primary N) is 1. The lowest BCUT2D eigenvalue weighted by Crippen LogP contribution is -2.50. The average molecular weight is 219 g/mol. The topological polar surface area (TPSA) is 85.7 Å². The van der Waals surface area contributed by atoms with Crippen molar-refractivity contribution in [3.8, 4) is 0 Å². The Bertz CT molecular complexity index is 293. The maximum atomic E-state index is 10.2. The Morgan fingerprint density at radius 1 is 1.79 bits per heavy atom. The van der Waals surface area contributed by atoms with E-state index in [1.807, 2.05) is 6.92 Å². The van der Waals surface area contributed by atoms with Crippen LogP contribution in [0.1, 0.15) is 26.2 Å². The molecule has 0 amide bonds. The van der Waals surface area contributed by atoms with E-state index in [4.69, 9.17) is 11.1 Å². The van der Waals surface area contributed by atoms with Crippen molar-refractivity contribution >= 4 is 24.1 Å². The predicted molar refractivity (Wildman–Crippen MR) is 56.4 cm³/mol. The Hall–Kier alpha value is -0.810. The van der Waals surface area contributed by atoms with E-state index in [1.165, 1.54) is 5.01 Å². The number of halogens is 1. The molecule has 80 valence electrons. The van der Waals surface area contributed by atoms with Crippen molar-refractivity contribution in [1.82, 2.24) is 5.01 Å². The molecule has 1 saturated carbocycles. The number of hydrogen-bond donors (Lipinski definition) is 3. The van der Waals surface area contributed by atoms with E-state index in [0.29, 0.717) is 6.42 Å². The second kappa shape index (κ2) is 3.40. The van der Waals surface area contributed by atoms with E-state index in [9.17, 15) is 5.11 Å². The summed E-state index contributed by atoms with van der Waals surface area (Å²) in [5.41, 5.74) is 5.22. The summed E-state index contributed by atoms with van der Waals surface area (Å²) in [5, 5.41) is 22.9. The molecule has 6 heteroatoms. The molecule has 0 saturated heterocycles. The minimum Gasteiger partial charge on any atom is -0.368 e. The first-order valence-corrected chi connectivity index (χ1v) is 4.47. The summed E-state index contributed by atoms with van der Waals surface area (Å²) >= 11 is 0. The van der Waals surface area contributed by atoms with Gasteiger partial charge in [0.1, 0.15) is 0 Å². The number of aliphatic hydroxyl groups is 1. The number of rotatable bonds is 0. The highest BCUT2D eigenvalue weighted by Gasteiger charge is 2.52. The van der Waals surface area contributed by atoms with E-state index in [-0.39, 0.29) is 24.3 Å². The third kappa shape index (κ3) is 1.27. The van der Waals surface area contributed by atoms with Gasteiger partial charge < -0.3 is 10.8 Å². The molecule has 1 fully saturated rings. The lowest BCUT2D eigenvalue weighted by atomic mass is 9.96. The number of guanidine groups is 1. The number of hydrazone groups is 1. The van der Waals surface area contributed by atoms with Gasteiger partial charge in [0.05, 0.1) is 0 Å². The number of hydrogen-bond acceptors (Lipinski definition) is 3. The maximum absolute atomic E-state index is 10.2. The molecule has 2 aliphatic rings. The summed E-state index contributed by atoms with van der Waals surface area (Å²) < 4.78 is 0. The largest absolute Gasteiger partial charge is 0.368 e. The molecular formula is C8H15ClN4O. The second-order valence-electron chi connectivity index (χ2n) is 3.76.